The van der Waals surface area contributed by atoms with Crippen LogP contribution in [0, 0.1) is 10.8 Å². The quantitative estimate of drug-likeness (QED) is 0.682. The van der Waals surface area contributed by atoms with E-state index in [1.54, 1.807) is 0 Å². The second kappa shape index (κ2) is 7.53. The Kier molecular flexibility index (Phi) is 5.53. The molecule has 1 aliphatic heterocycles. The lowest BCUT2D eigenvalue weighted by Gasteiger charge is -2.30. The van der Waals surface area contributed by atoms with Gasteiger partial charge in [-0.1, -0.05) is 95.3 Å². The molecule has 26 heavy (non-hydrogen) atoms. The average molecular weight is 367 g/mol. The normalized spacial score (nSPS) is 17.9. The minimum atomic E-state index is -0.458. The Morgan fingerprint density at radius 3 is 1.81 bits per heavy atom. The first kappa shape index (κ1) is 19.1. The third-order valence-corrected chi connectivity index (χ3v) is 7.87. The summed E-state index contributed by atoms with van der Waals surface area (Å²) in [6.07, 6.45) is 1.03. The number of hydrogen-bond donors (Lipinski definition) is 0. The summed E-state index contributed by atoms with van der Waals surface area (Å²) < 4.78 is 6.09. The second-order valence-electron chi connectivity index (χ2n) is 8.77. The fourth-order valence-corrected chi connectivity index (χ4v) is 5.85. The number of nitrogens with zero attached hydrogens (tertiary/aromatic N) is 1. The molecular weight excluding hydrogens is 337 g/mol. The van der Waals surface area contributed by atoms with Crippen LogP contribution in [-0.2, 0) is 4.74 Å². The van der Waals surface area contributed by atoms with E-state index in [-0.39, 0.29) is 16.9 Å². The molecule has 2 aromatic rings. The lowest BCUT2D eigenvalue weighted by atomic mass is 9.88. The van der Waals surface area contributed by atoms with Gasteiger partial charge in [0.2, 0.25) is 0 Å². The van der Waals surface area contributed by atoms with Gasteiger partial charge in [0.15, 0.2) is 5.90 Å². The van der Waals surface area contributed by atoms with Crippen LogP contribution >= 0.6 is 7.92 Å². The van der Waals surface area contributed by atoms with E-state index < -0.39 is 7.92 Å². The SMILES string of the molecule is CC(C)(CP(c1ccccc1)c1ccccc1)C1=N[C@@H](C(C)(C)C)CO1. The molecular formula is C23H30NOP. The zero-order chi connectivity index (χ0) is 18.8. The predicted octanol–water partition coefficient (Wildman–Crippen LogP) is 4.99. The van der Waals surface area contributed by atoms with E-state index in [9.17, 15) is 0 Å². The summed E-state index contributed by atoms with van der Waals surface area (Å²) in [5.41, 5.74) is 0.0544. The number of ether oxygens (including phenoxy) is 1. The first-order chi connectivity index (χ1) is 12.3. The maximum atomic E-state index is 6.09. The number of benzene rings is 2. The van der Waals surface area contributed by atoms with E-state index in [0.29, 0.717) is 6.61 Å². The molecule has 138 valence electrons. The van der Waals surface area contributed by atoms with Gasteiger partial charge in [-0.25, -0.2) is 4.99 Å². The highest BCUT2D eigenvalue weighted by molar-refractivity contribution is 7.73. The number of aliphatic imine (C=N–C) groups is 1. The average Bonchev–Trinajstić information content (AvgIpc) is 3.13. The standard InChI is InChI=1S/C23H30NOP/c1-22(2,3)20-16-25-21(24-20)23(4,5)17-26(18-12-8-6-9-13-18)19-14-10-7-11-15-19/h6-15,20H,16-17H2,1-5H3/t20-/m1/s1. The van der Waals surface area contributed by atoms with E-state index in [4.69, 9.17) is 9.73 Å². The topological polar surface area (TPSA) is 21.6 Å². The van der Waals surface area contributed by atoms with Crippen molar-refractivity contribution < 1.29 is 4.74 Å². The molecule has 0 unspecified atom stereocenters. The molecule has 2 aromatic carbocycles. The molecule has 3 rings (SSSR count). The highest BCUT2D eigenvalue weighted by atomic mass is 31.1. The molecule has 0 bridgehead atoms. The van der Waals surface area contributed by atoms with Gasteiger partial charge in [0.25, 0.3) is 0 Å². The van der Waals surface area contributed by atoms with Crippen molar-refractivity contribution in [3.05, 3.63) is 60.7 Å². The summed E-state index contributed by atoms with van der Waals surface area (Å²) in [5, 5.41) is 2.82. The van der Waals surface area contributed by atoms with Crippen LogP contribution in [0.4, 0.5) is 0 Å². The number of hydrogen-bond acceptors (Lipinski definition) is 2. The molecule has 0 amide bonds. The highest BCUT2D eigenvalue weighted by Crippen LogP contribution is 2.42. The summed E-state index contributed by atoms with van der Waals surface area (Å²) in [4.78, 5) is 4.98. The van der Waals surface area contributed by atoms with Gasteiger partial charge in [-0.15, -0.1) is 0 Å². The van der Waals surface area contributed by atoms with Gasteiger partial charge in [-0.2, -0.15) is 0 Å². The third kappa shape index (κ3) is 4.35. The van der Waals surface area contributed by atoms with Crippen LogP contribution in [-0.4, -0.2) is 24.7 Å². The van der Waals surface area contributed by atoms with E-state index in [2.05, 4.69) is 95.3 Å². The molecule has 1 aliphatic rings. The van der Waals surface area contributed by atoms with E-state index in [0.717, 1.165) is 12.1 Å². The molecule has 0 aliphatic carbocycles. The highest BCUT2D eigenvalue weighted by Gasteiger charge is 2.38. The maximum Gasteiger partial charge on any atom is 0.189 e. The van der Waals surface area contributed by atoms with E-state index >= 15 is 0 Å². The van der Waals surface area contributed by atoms with Crippen LogP contribution in [0.2, 0.25) is 0 Å². The Balaban J connectivity index is 1.89. The molecule has 0 fully saturated rings. The van der Waals surface area contributed by atoms with E-state index in [1.165, 1.54) is 10.6 Å². The molecule has 0 spiro atoms. The first-order valence-electron chi connectivity index (χ1n) is 9.36. The summed E-state index contributed by atoms with van der Waals surface area (Å²) in [6.45, 7) is 12.0. The minimum Gasteiger partial charge on any atom is -0.478 e. The monoisotopic (exact) mass is 367 g/mol. The maximum absolute atomic E-state index is 6.09. The molecule has 0 saturated carbocycles. The fraction of sp³-hybridized carbons (Fsp3) is 0.435. The van der Waals surface area contributed by atoms with Crippen LogP contribution in [0.15, 0.2) is 65.7 Å². The predicted molar refractivity (Wildman–Crippen MR) is 114 cm³/mol. The van der Waals surface area contributed by atoms with Crippen molar-refractivity contribution in [2.75, 3.05) is 12.8 Å². The van der Waals surface area contributed by atoms with Crippen LogP contribution in [0.3, 0.4) is 0 Å². The van der Waals surface area contributed by atoms with Gasteiger partial charge in [0.1, 0.15) is 6.61 Å². The molecule has 0 radical (unpaired) electrons. The summed E-state index contributed by atoms with van der Waals surface area (Å²) in [7, 11) is -0.458. The van der Waals surface area contributed by atoms with Crippen molar-refractivity contribution in [1.29, 1.82) is 0 Å². The first-order valence-corrected chi connectivity index (χ1v) is 10.9. The Morgan fingerprint density at radius 1 is 0.885 bits per heavy atom. The molecule has 0 N–H and O–H groups in total. The van der Waals surface area contributed by atoms with Crippen LogP contribution in [0.1, 0.15) is 34.6 Å². The largest absolute Gasteiger partial charge is 0.478 e. The van der Waals surface area contributed by atoms with E-state index in [1.807, 2.05) is 0 Å². The van der Waals surface area contributed by atoms with Crippen LogP contribution < -0.4 is 10.6 Å². The van der Waals surface area contributed by atoms with Gasteiger partial charge in [-0.05, 0) is 30.1 Å². The minimum absolute atomic E-state index is 0.0859. The summed E-state index contributed by atoms with van der Waals surface area (Å²) >= 11 is 0. The van der Waals surface area contributed by atoms with Gasteiger partial charge in [-0.3, -0.25) is 0 Å². The summed E-state index contributed by atoms with van der Waals surface area (Å²) in [6, 6.07) is 22.0. The van der Waals surface area contributed by atoms with Crippen molar-refractivity contribution in [2.24, 2.45) is 15.8 Å². The van der Waals surface area contributed by atoms with Gasteiger partial charge in [0.05, 0.1) is 6.04 Å². The Labute approximate surface area is 159 Å². The lowest BCUT2D eigenvalue weighted by molar-refractivity contribution is 0.223. The Bertz CT molecular complexity index is 707. The molecule has 1 heterocycles. The molecule has 0 aromatic heterocycles. The van der Waals surface area contributed by atoms with Crippen LogP contribution in [0.25, 0.3) is 0 Å². The Hall–Kier alpha value is -1.66. The zero-order valence-electron chi connectivity index (χ0n) is 16.6. The van der Waals surface area contributed by atoms with Crippen molar-refractivity contribution >= 4 is 24.4 Å². The van der Waals surface area contributed by atoms with Crippen molar-refractivity contribution in [3.63, 3.8) is 0 Å². The van der Waals surface area contributed by atoms with Crippen molar-refractivity contribution in [2.45, 2.75) is 40.7 Å². The van der Waals surface area contributed by atoms with Crippen molar-refractivity contribution in [1.82, 2.24) is 0 Å². The molecule has 1 atom stereocenters. The number of rotatable bonds is 5. The smallest absolute Gasteiger partial charge is 0.189 e. The van der Waals surface area contributed by atoms with Crippen LogP contribution in [0.5, 0.6) is 0 Å². The Morgan fingerprint density at radius 2 is 1.38 bits per heavy atom. The third-order valence-electron chi connectivity index (χ3n) is 4.92. The molecule has 3 heteroatoms. The van der Waals surface area contributed by atoms with Gasteiger partial charge >= 0.3 is 0 Å². The second-order valence-corrected chi connectivity index (χ2v) is 11.0. The lowest BCUT2D eigenvalue weighted by Crippen LogP contribution is -2.31. The fourth-order valence-electron chi connectivity index (χ4n) is 3.20. The van der Waals surface area contributed by atoms with Gasteiger partial charge in [0, 0.05) is 5.41 Å². The molecule has 0 saturated heterocycles. The zero-order valence-corrected chi connectivity index (χ0v) is 17.5. The van der Waals surface area contributed by atoms with Crippen molar-refractivity contribution in [3.8, 4) is 0 Å². The van der Waals surface area contributed by atoms with Gasteiger partial charge < -0.3 is 4.74 Å². The summed E-state index contributed by atoms with van der Waals surface area (Å²) in [5.74, 6) is 0.928. The molecule has 2 nitrogen and oxygen atoms in total.